The summed E-state index contributed by atoms with van der Waals surface area (Å²) < 4.78 is 77.6. The van der Waals surface area contributed by atoms with E-state index >= 15 is 0 Å². The van der Waals surface area contributed by atoms with E-state index in [-0.39, 0.29) is 4.31 Å². The average molecular weight is 513 g/mol. The minimum atomic E-state index is -5.97. The topological polar surface area (TPSA) is 132 Å². The van der Waals surface area contributed by atoms with Crippen molar-refractivity contribution < 1.29 is 50.2 Å². The predicted molar refractivity (Wildman–Crippen MR) is 106 cm³/mol. The lowest BCUT2D eigenvalue weighted by molar-refractivity contribution is -0.178. The first-order chi connectivity index (χ1) is 15.5. The summed E-state index contributed by atoms with van der Waals surface area (Å²) in [4.78, 5) is 37.8. The molecule has 1 aromatic rings. The summed E-state index contributed by atoms with van der Waals surface area (Å²) in [6.07, 6.45) is -2.21. The smallest absolute Gasteiger partial charge is 0.484 e. The van der Waals surface area contributed by atoms with E-state index in [2.05, 4.69) is 14.8 Å². The molecule has 182 valence electrons. The van der Waals surface area contributed by atoms with Gasteiger partial charge in [-0.2, -0.15) is 17.5 Å². The van der Waals surface area contributed by atoms with Crippen LogP contribution in [0, 0.1) is 0 Å². The van der Waals surface area contributed by atoms with Gasteiger partial charge in [-0.1, -0.05) is 18.2 Å². The zero-order valence-electron chi connectivity index (χ0n) is 16.9. The van der Waals surface area contributed by atoms with Crippen molar-refractivity contribution in [3.05, 3.63) is 30.3 Å². The molecule has 1 aromatic carbocycles. The molecular formula is C17H18F3N3O8S2. The molecule has 3 unspecified atom stereocenters. The number of nitrogens with zero attached hydrogens (tertiary/aromatic N) is 2. The molecule has 0 radical (unpaired) electrons. The zero-order chi connectivity index (χ0) is 24.4. The summed E-state index contributed by atoms with van der Waals surface area (Å²) in [7, 11) is -4.84. The second-order valence-electron chi connectivity index (χ2n) is 6.66. The number of carbonyl (C=O) groups is 3. The number of thioether (sulfide) groups is 1. The van der Waals surface area contributed by atoms with Crippen LogP contribution in [-0.2, 0) is 33.9 Å². The zero-order valence-corrected chi connectivity index (χ0v) is 18.5. The van der Waals surface area contributed by atoms with Gasteiger partial charge in [-0.05, 0) is 12.1 Å². The van der Waals surface area contributed by atoms with Crippen molar-refractivity contribution in [1.82, 2.24) is 14.5 Å². The Kier molecular flexibility index (Phi) is 7.40. The molecule has 11 nitrogen and oxygen atoms in total. The first-order valence-corrected chi connectivity index (χ1v) is 11.6. The average Bonchev–Trinajstić information content (AvgIpc) is 2.78. The summed E-state index contributed by atoms with van der Waals surface area (Å²) in [6.45, 7) is -1.12. The number of ether oxygens (including phenoxy) is 3. The molecule has 2 saturated heterocycles. The second kappa shape index (κ2) is 9.74. The molecule has 2 amide bonds. The lowest BCUT2D eigenvalue weighted by Gasteiger charge is -2.54. The number of nitrogens with one attached hydrogen (secondary N) is 1. The minimum Gasteiger partial charge on any atom is -0.484 e. The fraction of sp³-hybridized carbons (Fsp3) is 0.471. The van der Waals surface area contributed by atoms with Gasteiger partial charge in [-0.3, -0.25) is 14.5 Å². The third-order valence-electron chi connectivity index (χ3n) is 4.55. The Bertz CT molecular complexity index is 1010. The van der Waals surface area contributed by atoms with Gasteiger partial charge < -0.3 is 19.5 Å². The van der Waals surface area contributed by atoms with Crippen LogP contribution in [0.4, 0.5) is 13.2 Å². The van der Waals surface area contributed by atoms with Crippen LogP contribution in [0.1, 0.15) is 0 Å². The Balaban J connectivity index is 1.73. The Labute approximate surface area is 190 Å². The highest BCUT2D eigenvalue weighted by molar-refractivity contribution is 8.01. The van der Waals surface area contributed by atoms with Crippen LogP contribution in [0.5, 0.6) is 5.75 Å². The number of para-hydroxylation sites is 1. The lowest BCUT2D eigenvalue weighted by atomic mass is 10.1. The Morgan fingerprint density at radius 2 is 1.91 bits per heavy atom. The van der Waals surface area contributed by atoms with Crippen molar-refractivity contribution >= 4 is 39.6 Å². The fourth-order valence-electron chi connectivity index (χ4n) is 3.05. The molecule has 0 aromatic heterocycles. The largest absolute Gasteiger partial charge is 0.511 e. The van der Waals surface area contributed by atoms with Gasteiger partial charge in [0.2, 0.25) is 0 Å². The van der Waals surface area contributed by atoms with E-state index < -0.39 is 70.2 Å². The van der Waals surface area contributed by atoms with Crippen molar-refractivity contribution in [3.63, 3.8) is 0 Å². The molecule has 0 saturated carbocycles. The van der Waals surface area contributed by atoms with Gasteiger partial charge in [0.1, 0.15) is 17.2 Å². The highest BCUT2D eigenvalue weighted by Gasteiger charge is 2.63. The number of methoxy groups -OCH3 is 1. The van der Waals surface area contributed by atoms with Gasteiger partial charge in [0.15, 0.2) is 19.6 Å². The van der Waals surface area contributed by atoms with Gasteiger partial charge in [0.05, 0.1) is 5.88 Å². The van der Waals surface area contributed by atoms with Crippen LogP contribution in [0.2, 0.25) is 0 Å². The first kappa shape index (κ1) is 25.1. The SMILES string of the molecule is COCOC(=O)C1N2C(=O)C(NC(=O)COc3ccccc3)C2SCN1S(=O)(=O)C(F)(F)F. The van der Waals surface area contributed by atoms with Crippen molar-refractivity contribution in [1.29, 1.82) is 0 Å². The minimum absolute atomic E-state index is 0.166. The molecule has 2 fully saturated rings. The molecule has 2 aliphatic rings. The molecule has 16 heteroatoms. The number of fused-ring (bicyclic) bond motifs is 1. The van der Waals surface area contributed by atoms with E-state index in [1.54, 1.807) is 30.3 Å². The normalized spacial score (nSPS) is 23.3. The monoisotopic (exact) mass is 513 g/mol. The standard InChI is InChI=1S/C17H18F3N3O8S2/c1-29-9-31-16(26)13-22(33(27,28)17(18,19)20)8-32-15-12(14(25)23(13)15)21-11(24)7-30-10-5-3-2-4-6-10/h2-6,12-13,15H,7-9H2,1H3,(H,21,24). The van der Waals surface area contributed by atoms with Crippen LogP contribution >= 0.6 is 11.8 Å². The third kappa shape index (κ3) is 5.02. The summed E-state index contributed by atoms with van der Waals surface area (Å²) in [6, 6.07) is 7.12. The van der Waals surface area contributed by atoms with Crippen molar-refractivity contribution in [2.45, 2.75) is 23.1 Å². The third-order valence-corrected chi connectivity index (χ3v) is 7.51. The number of benzene rings is 1. The number of amides is 2. The summed E-state index contributed by atoms with van der Waals surface area (Å²) >= 11 is 0.635. The van der Waals surface area contributed by atoms with Gasteiger partial charge in [0.25, 0.3) is 11.8 Å². The van der Waals surface area contributed by atoms with Crippen LogP contribution in [0.25, 0.3) is 0 Å². The van der Waals surface area contributed by atoms with E-state index in [4.69, 9.17) is 4.74 Å². The lowest BCUT2D eigenvalue weighted by Crippen LogP contribution is -2.78. The van der Waals surface area contributed by atoms with Crippen molar-refractivity contribution in [2.75, 3.05) is 26.4 Å². The molecule has 0 spiro atoms. The maximum Gasteiger partial charge on any atom is 0.511 e. The molecule has 3 rings (SSSR count). The number of halogens is 3. The van der Waals surface area contributed by atoms with Crippen LogP contribution in [0.3, 0.4) is 0 Å². The van der Waals surface area contributed by atoms with E-state index in [9.17, 15) is 36.0 Å². The number of hydrogen-bond acceptors (Lipinski definition) is 9. The summed E-state index contributed by atoms with van der Waals surface area (Å²) in [5.41, 5.74) is -5.71. The Morgan fingerprint density at radius 1 is 1.24 bits per heavy atom. The number of rotatable bonds is 8. The highest BCUT2D eigenvalue weighted by atomic mass is 32.2. The van der Waals surface area contributed by atoms with E-state index in [0.29, 0.717) is 22.4 Å². The number of hydrogen-bond donors (Lipinski definition) is 1. The van der Waals surface area contributed by atoms with Crippen molar-refractivity contribution in [2.24, 2.45) is 0 Å². The highest BCUT2D eigenvalue weighted by Crippen LogP contribution is 2.42. The number of esters is 1. The van der Waals surface area contributed by atoms with Crippen molar-refractivity contribution in [3.8, 4) is 5.75 Å². The first-order valence-electron chi connectivity index (χ1n) is 9.13. The number of sulfonamides is 1. The Morgan fingerprint density at radius 3 is 2.52 bits per heavy atom. The number of alkyl halides is 3. The maximum absolute atomic E-state index is 13.1. The molecule has 3 atom stereocenters. The van der Waals surface area contributed by atoms with Crippen LogP contribution in [0.15, 0.2) is 30.3 Å². The van der Waals surface area contributed by atoms with Crippen LogP contribution < -0.4 is 10.1 Å². The molecule has 33 heavy (non-hydrogen) atoms. The second-order valence-corrected chi connectivity index (χ2v) is 9.62. The molecule has 0 aliphatic carbocycles. The molecule has 1 N–H and O–H groups in total. The molecule has 2 aliphatic heterocycles. The van der Waals surface area contributed by atoms with Crippen LogP contribution in [-0.4, -0.2) is 84.9 Å². The summed E-state index contributed by atoms with van der Waals surface area (Å²) in [5, 5.41) is 1.38. The van der Waals surface area contributed by atoms with Gasteiger partial charge >= 0.3 is 21.5 Å². The van der Waals surface area contributed by atoms with Gasteiger partial charge in [0, 0.05) is 7.11 Å². The molecule has 2 heterocycles. The van der Waals surface area contributed by atoms with E-state index in [0.717, 1.165) is 7.11 Å². The molecule has 0 bridgehead atoms. The van der Waals surface area contributed by atoms with Gasteiger partial charge in [-0.15, -0.1) is 11.8 Å². The van der Waals surface area contributed by atoms with E-state index in [1.807, 2.05) is 0 Å². The maximum atomic E-state index is 13.1. The molecular weight excluding hydrogens is 495 g/mol. The van der Waals surface area contributed by atoms with Gasteiger partial charge in [-0.25, -0.2) is 13.2 Å². The Hall–Kier alpha value is -2.56. The number of β-lactam (4-membered cyclic amide) rings is 1. The summed E-state index contributed by atoms with van der Waals surface area (Å²) in [5.74, 6) is -3.49. The predicted octanol–water partition coefficient (Wildman–Crippen LogP) is 0.0476. The number of carbonyl (C=O) groups excluding carboxylic acids is 3. The quantitative estimate of drug-likeness (QED) is 0.291. The fourth-order valence-corrected chi connectivity index (χ4v) is 5.70. The van der Waals surface area contributed by atoms with E-state index in [1.165, 1.54) is 0 Å².